The smallest absolute Gasteiger partial charge is 0.348 e. The Hall–Kier alpha value is -2.86. The molecular formula is C17H13NO2. The Balaban J connectivity index is 2.27. The van der Waals surface area contributed by atoms with Gasteiger partial charge < -0.3 is 4.74 Å². The Labute approximate surface area is 117 Å². The van der Waals surface area contributed by atoms with Crippen LogP contribution in [0.3, 0.4) is 0 Å². The summed E-state index contributed by atoms with van der Waals surface area (Å²) in [5.41, 5.74) is 2.97. The van der Waals surface area contributed by atoms with Gasteiger partial charge in [0.25, 0.3) is 0 Å². The van der Waals surface area contributed by atoms with Crippen LogP contribution in [0.5, 0.6) is 0 Å². The van der Waals surface area contributed by atoms with Crippen LogP contribution in [0.4, 0.5) is 0 Å². The third kappa shape index (κ3) is 3.12. The molecule has 0 heterocycles. The molecule has 0 N–H and O–H groups in total. The third-order valence-corrected chi connectivity index (χ3v) is 2.85. The number of methoxy groups -OCH3 is 1. The fourth-order valence-electron chi connectivity index (χ4n) is 1.82. The van der Waals surface area contributed by atoms with Gasteiger partial charge in [-0.25, -0.2) is 4.79 Å². The van der Waals surface area contributed by atoms with Crippen molar-refractivity contribution in [2.75, 3.05) is 7.11 Å². The number of hydrogen-bond acceptors (Lipinski definition) is 3. The van der Waals surface area contributed by atoms with Crippen LogP contribution in [0.25, 0.3) is 17.2 Å². The molecule has 2 aromatic rings. The molecule has 20 heavy (non-hydrogen) atoms. The third-order valence-electron chi connectivity index (χ3n) is 2.85. The average molecular weight is 263 g/mol. The van der Waals surface area contributed by atoms with Crippen molar-refractivity contribution in [1.82, 2.24) is 0 Å². The predicted molar refractivity (Wildman–Crippen MR) is 77.5 cm³/mol. The summed E-state index contributed by atoms with van der Waals surface area (Å²) in [5.74, 6) is -0.625. The summed E-state index contributed by atoms with van der Waals surface area (Å²) in [7, 11) is 1.26. The summed E-state index contributed by atoms with van der Waals surface area (Å²) < 4.78 is 4.54. The fraction of sp³-hybridized carbons (Fsp3) is 0.0588. The number of benzene rings is 2. The second-order valence-corrected chi connectivity index (χ2v) is 4.15. The molecule has 0 aliphatic heterocycles. The normalized spacial score (nSPS) is 10.7. The summed E-state index contributed by atoms with van der Waals surface area (Å²) >= 11 is 0. The molecule has 3 nitrogen and oxygen atoms in total. The van der Waals surface area contributed by atoms with Gasteiger partial charge in [-0.1, -0.05) is 54.6 Å². The molecule has 0 saturated heterocycles. The van der Waals surface area contributed by atoms with Gasteiger partial charge in [0.15, 0.2) is 0 Å². The maximum absolute atomic E-state index is 11.3. The lowest BCUT2D eigenvalue weighted by molar-refractivity contribution is -0.135. The Morgan fingerprint density at radius 1 is 1.05 bits per heavy atom. The van der Waals surface area contributed by atoms with Crippen LogP contribution >= 0.6 is 0 Å². The van der Waals surface area contributed by atoms with E-state index in [0.29, 0.717) is 0 Å². The number of carbonyl (C=O) groups excluding carboxylic acids is 1. The van der Waals surface area contributed by atoms with Crippen LogP contribution in [0.2, 0.25) is 0 Å². The zero-order valence-electron chi connectivity index (χ0n) is 11.0. The van der Waals surface area contributed by atoms with Crippen molar-refractivity contribution < 1.29 is 9.53 Å². The average Bonchev–Trinajstić information content (AvgIpc) is 2.53. The molecule has 98 valence electrons. The number of rotatable bonds is 3. The standard InChI is InChI=1S/C17H13NO2/c1-20-17(19)16(12-18)11-13-7-9-15(10-8-13)14-5-3-2-4-6-14/h2-11H,1H3. The minimum absolute atomic E-state index is 0.0139. The minimum Gasteiger partial charge on any atom is -0.465 e. The fourth-order valence-corrected chi connectivity index (χ4v) is 1.82. The second-order valence-electron chi connectivity index (χ2n) is 4.15. The van der Waals surface area contributed by atoms with Gasteiger partial charge in [0.1, 0.15) is 11.6 Å². The zero-order valence-corrected chi connectivity index (χ0v) is 11.0. The highest BCUT2D eigenvalue weighted by atomic mass is 16.5. The lowest BCUT2D eigenvalue weighted by Crippen LogP contribution is -2.02. The summed E-state index contributed by atoms with van der Waals surface area (Å²) in [6.07, 6.45) is 1.51. The molecule has 0 bridgehead atoms. The Bertz CT molecular complexity index is 664. The lowest BCUT2D eigenvalue weighted by Gasteiger charge is -2.02. The van der Waals surface area contributed by atoms with Gasteiger partial charge in [0.05, 0.1) is 7.11 Å². The van der Waals surface area contributed by atoms with E-state index < -0.39 is 5.97 Å². The largest absolute Gasteiger partial charge is 0.465 e. The first-order valence-electron chi connectivity index (χ1n) is 6.10. The molecule has 0 aliphatic rings. The number of ether oxygens (including phenoxy) is 1. The molecule has 0 atom stereocenters. The van der Waals surface area contributed by atoms with Gasteiger partial charge in [0.2, 0.25) is 0 Å². The van der Waals surface area contributed by atoms with E-state index in [2.05, 4.69) is 4.74 Å². The van der Waals surface area contributed by atoms with Crippen molar-refractivity contribution in [2.45, 2.75) is 0 Å². The van der Waals surface area contributed by atoms with E-state index in [1.807, 2.05) is 60.7 Å². The first kappa shape index (κ1) is 13.6. The van der Waals surface area contributed by atoms with Crippen molar-refractivity contribution in [3.05, 3.63) is 65.7 Å². The van der Waals surface area contributed by atoms with Crippen molar-refractivity contribution in [3.63, 3.8) is 0 Å². The first-order chi connectivity index (χ1) is 9.74. The number of nitrogens with zero attached hydrogens (tertiary/aromatic N) is 1. The van der Waals surface area contributed by atoms with Gasteiger partial charge >= 0.3 is 5.97 Å². The molecule has 2 rings (SSSR count). The number of esters is 1. The Morgan fingerprint density at radius 3 is 2.20 bits per heavy atom. The van der Waals surface area contributed by atoms with Crippen LogP contribution < -0.4 is 0 Å². The maximum Gasteiger partial charge on any atom is 0.348 e. The van der Waals surface area contributed by atoms with E-state index in [1.54, 1.807) is 0 Å². The minimum atomic E-state index is -0.625. The molecule has 3 heteroatoms. The van der Waals surface area contributed by atoms with Crippen LogP contribution in [0.15, 0.2) is 60.2 Å². The second kappa shape index (κ2) is 6.35. The van der Waals surface area contributed by atoms with Gasteiger partial charge in [-0.3, -0.25) is 0 Å². The highest BCUT2D eigenvalue weighted by molar-refractivity contribution is 5.97. The molecule has 0 saturated carbocycles. The lowest BCUT2D eigenvalue weighted by atomic mass is 10.0. The monoisotopic (exact) mass is 263 g/mol. The van der Waals surface area contributed by atoms with Gasteiger partial charge in [-0.05, 0) is 22.8 Å². The first-order valence-corrected chi connectivity index (χ1v) is 6.10. The Morgan fingerprint density at radius 2 is 1.65 bits per heavy atom. The van der Waals surface area contributed by atoms with E-state index in [-0.39, 0.29) is 5.57 Å². The molecule has 0 amide bonds. The number of nitriles is 1. The summed E-state index contributed by atoms with van der Waals surface area (Å²) in [6, 6.07) is 19.4. The van der Waals surface area contributed by atoms with Crippen molar-refractivity contribution in [1.29, 1.82) is 5.26 Å². The highest BCUT2D eigenvalue weighted by Gasteiger charge is 2.08. The summed E-state index contributed by atoms with van der Waals surface area (Å²) in [6.45, 7) is 0. The van der Waals surface area contributed by atoms with Crippen LogP contribution in [0, 0.1) is 11.3 Å². The van der Waals surface area contributed by atoms with Crippen molar-refractivity contribution in [2.24, 2.45) is 0 Å². The SMILES string of the molecule is COC(=O)C(C#N)=Cc1ccc(-c2ccccc2)cc1. The van der Waals surface area contributed by atoms with Crippen LogP contribution in [-0.4, -0.2) is 13.1 Å². The van der Waals surface area contributed by atoms with Gasteiger partial charge in [-0.2, -0.15) is 5.26 Å². The molecule has 2 aromatic carbocycles. The van der Waals surface area contributed by atoms with Gasteiger partial charge in [-0.15, -0.1) is 0 Å². The topological polar surface area (TPSA) is 50.1 Å². The van der Waals surface area contributed by atoms with Crippen LogP contribution in [0.1, 0.15) is 5.56 Å². The molecule has 0 fully saturated rings. The van der Waals surface area contributed by atoms with Gasteiger partial charge in [0, 0.05) is 0 Å². The van der Waals surface area contributed by atoms with E-state index in [9.17, 15) is 4.79 Å². The molecule has 0 aliphatic carbocycles. The maximum atomic E-state index is 11.3. The summed E-state index contributed by atoms with van der Waals surface area (Å²) in [5, 5.41) is 8.90. The van der Waals surface area contributed by atoms with Crippen molar-refractivity contribution in [3.8, 4) is 17.2 Å². The molecule has 0 aromatic heterocycles. The molecular weight excluding hydrogens is 250 g/mol. The summed E-state index contributed by atoms with van der Waals surface area (Å²) in [4.78, 5) is 11.3. The predicted octanol–water partition coefficient (Wildman–Crippen LogP) is 3.43. The highest BCUT2D eigenvalue weighted by Crippen LogP contribution is 2.20. The van der Waals surface area contributed by atoms with Crippen LogP contribution in [-0.2, 0) is 9.53 Å². The number of hydrogen-bond donors (Lipinski definition) is 0. The van der Waals surface area contributed by atoms with E-state index in [1.165, 1.54) is 13.2 Å². The quantitative estimate of drug-likeness (QED) is 0.484. The molecule has 0 radical (unpaired) electrons. The van der Waals surface area contributed by atoms with E-state index in [4.69, 9.17) is 5.26 Å². The van der Waals surface area contributed by atoms with E-state index in [0.717, 1.165) is 16.7 Å². The number of carbonyl (C=O) groups is 1. The van der Waals surface area contributed by atoms with Crippen molar-refractivity contribution >= 4 is 12.0 Å². The Kier molecular flexibility index (Phi) is 4.31. The zero-order chi connectivity index (χ0) is 14.4. The molecule has 0 spiro atoms. The van der Waals surface area contributed by atoms with E-state index >= 15 is 0 Å². The molecule has 0 unspecified atom stereocenters.